The van der Waals surface area contributed by atoms with Crippen LogP contribution in [0.3, 0.4) is 0 Å². The second-order valence-electron chi connectivity index (χ2n) is 6.44. The smallest absolute Gasteiger partial charge is 0.240 e. The monoisotopic (exact) mass is 376 g/mol. The van der Waals surface area contributed by atoms with Crippen LogP contribution in [-0.2, 0) is 16.1 Å². The van der Waals surface area contributed by atoms with E-state index in [1.54, 1.807) is 23.0 Å². The number of carbonyl (C=O) groups is 2. The predicted octanol–water partition coefficient (Wildman–Crippen LogP) is 2.30. The minimum Gasteiger partial charge on any atom is -0.491 e. The van der Waals surface area contributed by atoms with E-state index >= 15 is 0 Å². The van der Waals surface area contributed by atoms with Gasteiger partial charge >= 0.3 is 0 Å². The molecule has 1 aromatic heterocycles. The molecular weight excluding hydrogens is 356 g/mol. The minimum absolute atomic E-state index is 0.0371. The van der Waals surface area contributed by atoms with Crippen molar-refractivity contribution in [3.63, 3.8) is 0 Å². The van der Waals surface area contributed by atoms with Crippen molar-refractivity contribution in [1.29, 1.82) is 0 Å². The number of ether oxygens (including phenoxy) is 1. The van der Waals surface area contributed by atoms with Crippen LogP contribution in [0.2, 0.25) is 0 Å². The summed E-state index contributed by atoms with van der Waals surface area (Å²) in [6.45, 7) is 0.666. The number of amides is 2. The second kappa shape index (κ2) is 7.96. The number of rotatable bonds is 5. The first kappa shape index (κ1) is 17.8. The van der Waals surface area contributed by atoms with Crippen molar-refractivity contribution in [2.45, 2.75) is 13.0 Å². The average Bonchev–Trinajstić information content (AvgIpc) is 3.21. The highest BCUT2D eigenvalue weighted by Crippen LogP contribution is 2.30. The number of para-hydroxylation sites is 2. The van der Waals surface area contributed by atoms with Gasteiger partial charge in [-0.3, -0.25) is 14.5 Å². The van der Waals surface area contributed by atoms with Crippen LogP contribution in [0.4, 0.5) is 5.69 Å². The Morgan fingerprint density at radius 2 is 1.93 bits per heavy atom. The molecule has 4 rings (SSSR count). The number of carbonyl (C=O) groups excluding carboxylic acids is 2. The lowest BCUT2D eigenvalue weighted by Crippen LogP contribution is -2.40. The van der Waals surface area contributed by atoms with Crippen molar-refractivity contribution in [3.05, 3.63) is 72.6 Å². The topological polar surface area (TPSA) is 76.5 Å². The summed E-state index contributed by atoms with van der Waals surface area (Å²) >= 11 is 0. The van der Waals surface area contributed by atoms with Crippen molar-refractivity contribution in [3.8, 4) is 11.4 Å². The maximum atomic E-state index is 12.4. The van der Waals surface area contributed by atoms with Gasteiger partial charge in [-0.2, -0.15) is 5.10 Å². The van der Waals surface area contributed by atoms with Gasteiger partial charge in [0.1, 0.15) is 12.3 Å². The van der Waals surface area contributed by atoms with Crippen molar-refractivity contribution in [2.24, 2.45) is 0 Å². The van der Waals surface area contributed by atoms with Crippen LogP contribution in [-0.4, -0.2) is 34.7 Å². The molecule has 0 spiro atoms. The fourth-order valence-electron chi connectivity index (χ4n) is 3.08. The van der Waals surface area contributed by atoms with E-state index in [1.165, 1.54) is 4.90 Å². The third-order valence-corrected chi connectivity index (χ3v) is 4.53. The Kier molecular flexibility index (Phi) is 5.05. The van der Waals surface area contributed by atoms with E-state index in [-0.39, 0.29) is 24.8 Å². The third kappa shape index (κ3) is 3.88. The lowest BCUT2D eigenvalue weighted by atomic mass is 10.2. The van der Waals surface area contributed by atoms with Crippen molar-refractivity contribution in [2.75, 3.05) is 18.1 Å². The molecule has 142 valence electrons. The van der Waals surface area contributed by atoms with Gasteiger partial charge in [0.05, 0.1) is 24.4 Å². The average molecular weight is 376 g/mol. The van der Waals surface area contributed by atoms with E-state index in [2.05, 4.69) is 10.4 Å². The van der Waals surface area contributed by atoms with Gasteiger partial charge in [-0.15, -0.1) is 0 Å². The van der Waals surface area contributed by atoms with Crippen molar-refractivity contribution in [1.82, 2.24) is 15.1 Å². The van der Waals surface area contributed by atoms with Crippen molar-refractivity contribution >= 4 is 17.5 Å². The molecule has 0 atom stereocenters. The summed E-state index contributed by atoms with van der Waals surface area (Å²) in [6.07, 6.45) is 3.84. The Hall–Kier alpha value is -3.61. The number of anilines is 1. The molecule has 1 N–H and O–H groups in total. The molecule has 1 aliphatic rings. The van der Waals surface area contributed by atoms with Gasteiger partial charge in [0.25, 0.3) is 0 Å². The summed E-state index contributed by atoms with van der Waals surface area (Å²) in [6, 6.07) is 16.9. The molecule has 0 fully saturated rings. The molecule has 0 unspecified atom stereocenters. The first-order valence-electron chi connectivity index (χ1n) is 9.08. The standard InChI is InChI=1S/C21H20N4O3/c26-20(15-24-18-4-1-2-5-19(18)28-13-10-21(24)27)22-14-16-6-8-17(9-7-16)25-12-3-11-23-25/h1-9,11-12H,10,13-15H2,(H,22,26). The molecular formula is C21H20N4O3. The number of hydrogen-bond acceptors (Lipinski definition) is 4. The quantitative estimate of drug-likeness (QED) is 0.741. The Bertz CT molecular complexity index is 968. The fourth-order valence-corrected chi connectivity index (χ4v) is 3.08. The maximum absolute atomic E-state index is 12.4. The number of hydrogen-bond donors (Lipinski definition) is 1. The Balaban J connectivity index is 1.38. The summed E-state index contributed by atoms with van der Waals surface area (Å²) < 4.78 is 7.37. The van der Waals surface area contributed by atoms with Gasteiger partial charge in [0.2, 0.25) is 11.8 Å². The summed E-state index contributed by atoms with van der Waals surface area (Å²) in [7, 11) is 0. The van der Waals surface area contributed by atoms with Crippen molar-refractivity contribution < 1.29 is 14.3 Å². The van der Waals surface area contributed by atoms with E-state index in [1.807, 2.05) is 48.7 Å². The number of aromatic nitrogens is 2. The molecule has 1 aliphatic heterocycles. The molecule has 0 radical (unpaired) electrons. The molecule has 0 saturated heterocycles. The van der Waals surface area contributed by atoms with E-state index in [0.29, 0.717) is 24.6 Å². The highest BCUT2D eigenvalue weighted by molar-refractivity contribution is 6.00. The highest BCUT2D eigenvalue weighted by Gasteiger charge is 2.24. The van der Waals surface area contributed by atoms with Crippen LogP contribution in [0.5, 0.6) is 5.75 Å². The van der Waals surface area contributed by atoms with Crippen LogP contribution < -0.4 is 15.0 Å². The van der Waals surface area contributed by atoms with Crippen LogP contribution in [0.15, 0.2) is 67.0 Å². The number of fused-ring (bicyclic) bond motifs is 1. The maximum Gasteiger partial charge on any atom is 0.240 e. The number of benzene rings is 2. The Morgan fingerprint density at radius 3 is 2.71 bits per heavy atom. The zero-order valence-electron chi connectivity index (χ0n) is 15.2. The predicted molar refractivity (Wildman–Crippen MR) is 104 cm³/mol. The van der Waals surface area contributed by atoms with E-state index in [4.69, 9.17) is 4.74 Å². The normalized spacial score (nSPS) is 13.4. The molecule has 0 bridgehead atoms. The summed E-state index contributed by atoms with van der Waals surface area (Å²) in [5.74, 6) is 0.278. The molecule has 2 aromatic carbocycles. The van der Waals surface area contributed by atoms with Crippen LogP contribution in [0, 0.1) is 0 Å². The second-order valence-corrected chi connectivity index (χ2v) is 6.44. The van der Waals surface area contributed by atoms with Gasteiger partial charge in [0, 0.05) is 18.9 Å². The summed E-state index contributed by atoms with van der Waals surface area (Å²) in [4.78, 5) is 26.3. The summed E-state index contributed by atoms with van der Waals surface area (Å²) in [5, 5.41) is 7.06. The molecule has 2 amide bonds. The SMILES string of the molecule is O=C(CN1C(=O)CCOc2ccccc21)NCc1ccc(-n2cccn2)cc1. The van der Waals surface area contributed by atoms with Crippen LogP contribution >= 0.6 is 0 Å². The van der Waals surface area contributed by atoms with Crippen LogP contribution in [0.1, 0.15) is 12.0 Å². The Labute approximate surface area is 162 Å². The summed E-state index contributed by atoms with van der Waals surface area (Å²) in [5.41, 5.74) is 2.55. The molecule has 28 heavy (non-hydrogen) atoms. The van der Waals surface area contributed by atoms with Crippen LogP contribution in [0.25, 0.3) is 5.69 Å². The largest absolute Gasteiger partial charge is 0.491 e. The van der Waals surface area contributed by atoms with Gasteiger partial charge in [-0.25, -0.2) is 4.68 Å². The third-order valence-electron chi connectivity index (χ3n) is 4.53. The Morgan fingerprint density at radius 1 is 1.11 bits per heavy atom. The van der Waals surface area contributed by atoms with E-state index in [0.717, 1.165) is 11.3 Å². The molecule has 2 heterocycles. The molecule has 0 aliphatic carbocycles. The minimum atomic E-state index is -0.221. The van der Waals surface area contributed by atoms with Gasteiger partial charge in [-0.1, -0.05) is 24.3 Å². The lowest BCUT2D eigenvalue weighted by molar-refractivity contribution is -0.124. The number of nitrogens with one attached hydrogen (secondary N) is 1. The fraction of sp³-hybridized carbons (Fsp3) is 0.190. The van der Waals surface area contributed by atoms with E-state index in [9.17, 15) is 9.59 Å². The zero-order valence-corrected chi connectivity index (χ0v) is 15.2. The first-order chi connectivity index (χ1) is 13.7. The molecule has 3 aromatic rings. The molecule has 7 heteroatoms. The van der Waals surface area contributed by atoms with Gasteiger partial charge in [-0.05, 0) is 35.9 Å². The lowest BCUT2D eigenvalue weighted by Gasteiger charge is -2.21. The first-order valence-corrected chi connectivity index (χ1v) is 9.08. The molecule has 0 saturated carbocycles. The van der Waals surface area contributed by atoms with E-state index < -0.39 is 0 Å². The number of nitrogens with zero attached hydrogens (tertiary/aromatic N) is 3. The van der Waals surface area contributed by atoms with Gasteiger partial charge in [0.15, 0.2) is 0 Å². The highest BCUT2D eigenvalue weighted by atomic mass is 16.5. The molecule has 7 nitrogen and oxygen atoms in total. The zero-order chi connectivity index (χ0) is 19.3. The van der Waals surface area contributed by atoms with Gasteiger partial charge < -0.3 is 10.1 Å².